The molecule has 0 unspecified atom stereocenters. The Kier molecular flexibility index (Phi) is 9.40. The molecule has 5 nitrogen and oxygen atoms in total. The van der Waals surface area contributed by atoms with Crippen LogP contribution in [0.2, 0.25) is 0 Å². The van der Waals surface area contributed by atoms with Gasteiger partial charge in [0.25, 0.3) is 0 Å². The first kappa shape index (κ1) is 31.7. The van der Waals surface area contributed by atoms with E-state index in [-0.39, 0.29) is 22.8 Å². The van der Waals surface area contributed by atoms with Gasteiger partial charge in [0.05, 0.1) is 0 Å². The molecule has 2 aromatic rings. The van der Waals surface area contributed by atoms with E-state index in [1.165, 1.54) is 5.56 Å². The van der Waals surface area contributed by atoms with E-state index in [0.29, 0.717) is 23.6 Å². The van der Waals surface area contributed by atoms with Gasteiger partial charge in [-0.3, -0.25) is 0 Å². The molecule has 0 radical (unpaired) electrons. The van der Waals surface area contributed by atoms with E-state index in [9.17, 15) is 0 Å². The van der Waals surface area contributed by atoms with Crippen LogP contribution in [0.1, 0.15) is 107 Å². The Morgan fingerprint density at radius 3 is 1.51 bits per heavy atom. The van der Waals surface area contributed by atoms with Gasteiger partial charge in [-0.05, 0) is 128 Å². The largest absolute Gasteiger partial charge is 0.490 e. The number of hydrogen-bond donors (Lipinski definition) is 2. The number of hydrogen-bond acceptors (Lipinski definition) is 5. The molecule has 4 rings (SSSR count). The topological polar surface area (TPSA) is 51.8 Å². The third-order valence-electron chi connectivity index (χ3n) is 7.77. The summed E-state index contributed by atoms with van der Waals surface area (Å²) in [6.45, 7) is 22.4. The predicted octanol–water partition coefficient (Wildman–Crippen LogP) is 8.10. The van der Waals surface area contributed by atoms with Crippen molar-refractivity contribution in [2.24, 2.45) is 5.41 Å². The normalized spacial score (nSPS) is 23.4. The van der Waals surface area contributed by atoms with Gasteiger partial charge in [-0.1, -0.05) is 32.9 Å². The smallest absolute Gasteiger partial charge is 0.120 e. The fourth-order valence-electron chi connectivity index (χ4n) is 6.46. The van der Waals surface area contributed by atoms with Crippen molar-refractivity contribution in [2.75, 3.05) is 0 Å². The van der Waals surface area contributed by atoms with Gasteiger partial charge in [0, 0.05) is 29.6 Å². The van der Waals surface area contributed by atoms with Crippen molar-refractivity contribution < 1.29 is 14.2 Å². The van der Waals surface area contributed by atoms with Crippen LogP contribution in [-0.4, -0.2) is 41.0 Å². The molecule has 0 spiro atoms. The molecule has 0 heterocycles. The Hall–Kier alpha value is -2.24. The standard InChI is InChI=1S/C36H56N2O3/c1-33(2,3)23-25-11-13-28(14-12-25)39-32-21-27(22-32)38-35(7,8)24-36(9,10)41-30-17-15-29(16-18-30)40-31-19-26(20-31)37-34(4,5)6/h11-18,26-27,31-32,37-38H,19-24H2,1-10H3. The summed E-state index contributed by atoms with van der Waals surface area (Å²) >= 11 is 0. The van der Waals surface area contributed by atoms with Crippen LogP contribution in [0.4, 0.5) is 0 Å². The van der Waals surface area contributed by atoms with E-state index in [0.717, 1.165) is 55.8 Å². The molecule has 0 aromatic heterocycles. The molecular formula is C36H56N2O3. The third kappa shape index (κ3) is 10.5. The van der Waals surface area contributed by atoms with E-state index >= 15 is 0 Å². The van der Waals surface area contributed by atoms with Gasteiger partial charge in [0.2, 0.25) is 0 Å². The van der Waals surface area contributed by atoms with Crippen molar-refractivity contribution in [2.45, 2.75) is 149 Å². The number of rotatable bonds is 12. The number of ether oxygens (including phenoxy) is 3. The minimum Gasteiger partial charge on any atom is -0.490 e. The zero-order chi connectivity index (χ0) is 30.1. The van der Waals surface area contributed by atoms with Crippen molar-refractivity contribution in [1.82, 2.24) is 10.6 Å². The highest BCUT2D eigenvalue weighted by Gasteiger charge is 2.38. The summed E-state index contributed by atoms with van der Waals surface area (Å²) in [5.74, 6) is 2.77. The minimum atomic E-state index is -0.312. The maximum Gasteiger partial charge on any atom is 0.120 e. The first-order chi connectivity index (χ1) is 18.9. The molecule has 2 saturated carbocycles. The molecule has 0 bridgehead atoms. The van der Waals surface area contributed by atoms with Gasteiger partial charge < -0.3 is 24.8 Å². The highest BCUT2D eigenvalue weighted by Crippen LogP contribution is 2.33. The third-order valence-corrected chi connectivity index (χ3v) is 7.77. The molecule has 2 aromatic carbocycles. The van der Waals surface area contributed by atoms with Crippen molar-refractivity contribution in [3.05, 3.63) is 54.1 Å². The van der Waals surface area contributed by atoms with Gasteiger partial charge in [0.15, 0.2) is 0 Å². The second-order valence-corrected chi connectivity index (χ2v) is 16.1. The number of nitrogens with one attached hydrogen (secondary N) is 2. The lowest BCUT2D eigenvalue weighted by atomic mass is 9.83. The summed E-state index contributed by atoms with van der Waals surface area (Å²) in [4.78, 5) is 0. The highest BCUT2D eigenvalue weighted by molar-refractivity contribution is 5.32. The van der Waals surface area contributed by atoms with E-state index in [1.807, 2.05) is 24.3 Å². The summed E-state index contributed by atoms with van der Waals surface area (Å²) in [6, 6.07) is 17.8. The molecule has 2 N–H and O–H groups in total. The molecule has 228 valence electrons. The summed E-state index contributed by atoms with van der Waals surface area (Å²) in [5.41, 5.74) is 1.45. The second-order valence-electron chi connectivity index (χ2n) is 16.1. The zero-order valence-corrected chi connectivity index (χ0v) is 27.4. The lowest BCUT2D eigenvalue weighted by molar-refractivity contribution is 0.0393. The Morgan fingerprint density at radius 1 is 0.610 bits per heavy atom. The van der Waals surface area contributed by atoms with Crippen LogP contribution in [0.3, 0.4) is 0 Å². The van der Waals surface area contributed by atoms with Gasteiger partial charge in [-0.25, -0.2) is 0 Å². The lowest BCUT2D eigenvalue weighted by Crippen LogP contribution is -2.56. The second kappa shape index (κ2) is 12.2. The molecule has 5 heteroatoms. The number of benzene rings is 2. The van der Waals surface area contributed by atoms with Crippen LogP contribution in [0.5, 0.6) is 17.2 Å². The van der Waals surface area contributed by atoms with Crippen LogP contribution in [0, 0.1) is 5.41 Å². The zero-order valence-electron chi connectivity index (χ0n) is 27.4. The van der Waals surface area contributed by atoms with Crippen LogP contribution in [-0.2, 0) is 6.42 Å². The molecule has 2 fully saturated rings. The fraction of sp³-hybridized carbons (Fsp3) is 0.667. The Labute approximate surface area is 250 Å². The fourth-order valence-corrected chi connectivity index (χ4v) is 6.46. The average Bonchev–Trinajstić information content (AvgIpc) is 2.75. The quantitative estimate of drug-likeness (QED) is 0.273. The lowest BCUT2D eigenvalue weighted by Gasteiger charge is -2.43. The van der Waals surface area contributed by atoms with Crippen molar-refractivity contribution in [3.8, 4) is 17.2 Å². The van der Waals surface area contributed by atoms with Crippen molar-refractivity contribution in [1.29, 1.82) is 0 Å². The maximum atomic E-state index is 6.45. The minimum absolute atomic E-state index is 0.0569. The molecular weight excluding hydrogens is 508 g/mol. The summed E-state index contributed by atoms with van der Waals surface area (Å²) < 4.78 is 18.9. The van der Waals surface area contributed by atoms with Gasteiger partial charge in [0.1, 0.15) is 35.1 Å². The molecule has 0 aliphatic heterocycles. The van der Waals surface area contributed by atoms with Crippen LogP contribution in [0.15, 0.2) is 48.5 Å². The summed E-state index contributed by atoms with van der Waals surface area (Å²) in [6.07, 6.45) is 6.72. The first-order valence-corrected chi connectivity index (χ1v) is 15.7. The van der Waals surface area contributed by atoms with Gasteiger partial charge >= 0.3 is 0 Å². The van der Waals surface area contributed by atoms with E-state index in [2.05, 4.69) is 104 Å². The molecule has 0 saturated heterocycles. The van der Waals surface area contributed by atoms with E-state index in [1.54, 1.807) is 0 Å². The van der Waals surface area contributed by atoms with E-state index < -0.39 is 0 Å². The van der Waals surface area contributed by atoms with Crippen LogP contribution >= 0.6 is 0 Å². The molecule has 0 amide bonds. The SMILES string of the molecule is CC(C)(C)Cc1ccc(OC2CC(NC(C)(C)CC(C)(C)Oc3ccc(OC4CC(NC(C)(C)C)C4)cc3)C2)cc1. The van der Waals surface area contributed by atoms with E-state index in [4.69, 9.17) is 14.2 Å². The average molecular weight is 565 g/mol. The Bertz CT molecular complexity index is 1100. The van der Waals surface area contributed by atoms with Crippen molar-refractivity contribution >= 4 is 0 Å². The van der Waals surface area contributed by atoms with Gasteiger partial charge in [-0.15, -0.1) is 0 Å². The highest BCUT2D eigenvalue weighted by atomic mass is 16.5. The molecule has 2 aliphatic rings. The van der Waals surface area contributed by atoms with Crippen LogP contribution < -0.4 is 24.8 Å². The summed E-state index contributed by atoms with van der Waals surface area (Å²) in [7, 11) is 0. The molecule has 0 atom stereocenters. The van der Waals surface area contributed by atoms with Crippen molar-refractivity contribution in [3.63, 3.8) is 0 Å². The monoisotopic (exact) mass is 564 g/mol. The summed E-state index contributed by atoms with van der Waals surface area (Å²) in [5, 5.41) is 7.51. The van der Waals surface area contributed by atoms with Gasteiger partial charge in [-0.2, -0.15) is 0 Å². The van der Waals surface area contributed by atoms with Crippen LogP contribution in [0.25, 0.3) is 0 Å². The first-order valence-electron chi connectivity index (χ1n) is 15.7. The predicted molar refractivity (Wildman–Crippen MR) is 170 cm³/mol. The Balaban J connectivity index is 1.17. The Morgan fingerprint density at radius 2 is 1.05 bits per heavy atom. The molecule has 41 heavy (non-hydrogen) atoms. The molecule has 2 aliphatic carbocycles. The maximum absolute atomic E-state index is 6.45.